The van der Waals surface area contributed by atoms with Gasteiger partial charge in [0, 0.05) is 25.6 Å². The average molecular weight is 252 g/mol. The minimum Gasteiger partial charge on any atom is -0.379 e. The van der Waals surface area contributed by atoms with Crippen molar-refractivity contribution >= 4 is 0 Å². The predicted molar refractivity (Wildman–Crippen MR) is 70.4 cm³/mol. The fraction of sp³-hybridized carbons (Fsp3) is 0.846. The Labute approximate surface area is 109 Å². The highest BCUT2D eigenvalue weighted by atomic mass is 16.5. The summed E-state index contributed by atoms with van der Waals surface area (Å²) in [5.41, 5.74) is 0. The molecule has 0 saturated carbocycles. The van der Waals surface area contributed by atoms with Crippen LogP contribution in [0.15, 0.2) is 6.33 Å². The molecule has 2 rings (SSSR count). The van der Waals surface area contributed by atoms with Crippen LogP contribution in [0.4, 0.5) is 0 Å². The summed E-state index contributed by atoms with van der Waals surface area (Å²) in [6.45, 7) is 8.07. The highest BCUT2D eigenvalue weighted by Crippen LogP contribution is 2.13. The van der Waals surface area contributed by atoms with Gasteiger partial charge in [0.25, 0.3) is 0 Å². The molecule has 1 saturated heterocycles. The van der Waals surface area contributed by atoms with Crippen molar-refractivity contribution < 1.29 is 4.74 Å². The minimum absolute atomic E-state index is 0.497. The zero-order valence-electron chi connectivity index (χ0n) is 11.4. The molecule has 5 nitrogen and oxygen atoms in total. The molecule has 1 aliphatic rings. The standard InChI is InChI=1S/C13H24N4O/c1-3-5-17-13(15-10-16-17)8-11(2)7-12-9-18-6-4-14-12/h10-12,14H,3-9H2,1-2H3. The molecule has 0 bridgehead atoms. The molecule has 0 radical (unpaired) electrons. The first-order valence-corrected chi connectivity index (χ1v) is 6.97. The SMILES string of the molecule is CCCn1ncnc1CC(C)CC1COCCN1. The molecule has 1 aromatic heterocycles. The van der Waals surface area contributed by atoms with E-state index < -0.39 is 0 Å². The summed E-state index contributed by atoms with van der Waals surface area (Å²) in [6, 6.07) is 0.497. The lowest BCUT2D eigenvalue weighted by Gasteiger charge is -2.26. The lowest BCUT2D eigenvalue weighted by molar-refractivity contribution is 0.0692. The number of hydrogen-bond acceptors (Lipinski definition) is 4. The number of aryl methyl sites for hydroxylation is 1. The van der Waals surface area contributed by atoms with Crippen molar-refractivity contribution in [2.75, 3.05) is 19.8 Å². The summed E-state index contributed by atoms with van der Waals surface area (Å²) in [6.07, 6.45) is 4.90. The summed E-state index contributed by atoms with van der Waals surface area (Å²) in [5, 5.41) is 7.77. The molecule has 2 atom stereocenters. The molecule has 0 amide bonds. The summed E-state index contributed by atoms with van der Waals surface area (Å²) in [4.78, 5) is 4.37. The molecule has 18 heavy (non-hydrogen) atoms. The molecule has 0 aliphatic carbocycles. The third-order valence-corrected chi connectivity index (χ3v) is 3.35. The van der Waals surface area contributed by atoms with E-state index >= 15 is 0 Å². The fourth-order valence-corrected chi connectivity index (χ4v) is 2.50. The van der Waals surface area contributed by atoms with E-state index in [0.717, 1.165) is 51.4 Å². The van der Waals surface area contributed by atoms with Crippen molar-refractivity contribution in [3.63, 3.8) is 0 Å². The van der Waals surface area contributed by atoms with Gasteiger partial charge in [-0.1, -0.05) is 13.8 Å². The predicted octanol–water partition coefficient (Wildman–Crippen LogP) is 1.25. The first kappa shape index (κ1) is 13.5. The van der Waals surface area contributed by atoms with Crippen LogP contribution in [0.1, 0.15) is 32.5 Å². The second-order valence-electron chi connectivity index (χ2n) is 5.17. The van der Waals surface area contributed by atoms with Crippen molar-refractivity contribution in [3.05, 3.63) is 12.2 Å². The average Bonchev–Trinajstić information content (AvgIpc) is 2.78. The summed E-state index contributed by atoms with van der Waals surface area (Å²) < 4.78 is 7.51. The zero-order valence-corrected chi connectivity index (χ0v) is 11.4. The van der Waals surface area contributed by atoms with E-state index in [0.29, 0.717) is 12.0 Å². The number of aromatic nitrogens is 3. The molecule has 102 valence electrons. The Morgan fingerprint density at radius 3 is 3.22 bits per heavy atom. The number of hydrogen-bond donors (Lipinski definition) is 1. The molecule has 0 spiro atoms. The van der Waals surface area contributed by atoms with E-state index in [-0.39, 0.29) is 0 Å². The van der Waals surface area contributed by atoms with Gasteiger partial charge >= 0.3 is 0 Å². The van der Waals surface area contributed by atoms with Crippen molar-refractivity contribution in [2.24, 2.45) is 5.92 Å². The van der Waals surface area contributed by atoms with E-state index in [1.165, 1.54) is 0 Å². The molecule has 1 aromatic rings. The third-order valence-electron chi connectivity index (χ3n) is 3.35. The van der Waals surface area contributed by atoms with Crippen molar-refractivity contribution in [3.8, 4) is 0 Å². The van der Waals surface area contributed by atoms with Gasteiger partial charge in [0.15, 0.2) is 0 Å². The van der Waals surface area contributed by atoms with E-state index in [9.17, 15) is 0 Å². The van der Waals surface area contributed by atoms with Gasteiger partial charge in [-0.2, -0.15) is 5.10 Å². The lowest BCUT2D eigenvalue weighted by atomic mass is 9.98. The van der Waals surface area contributed by atoms with E-state index in [4.69, 9.17) is 4.74 Å². The molecular formula is C13H24N4O. The largest absolute Gasteiger partial charge is 0.379 e. The van der Waals surface area contributed by atoms with Crippen LogP contribution in [0, 0.1) is 5.92 Å². The Hall–Kier alpha value is -0.940. The van der Waals surface area contributed by atoms with Gasteiger partial charge in [0.2, 0.25) is 0 Å². The maximum absolute atomic E-state index is 5.48. The van der Waals surface area contributed by atoms with E-state index in [2.05, 4.69) is 29.2 Å². The van der Waals surface area contributed by atoms with E-state index in [1.54, 1.807) is 6.33 Å². The maximum Gasteiger partial charge on any atom is 0.138 e. The Kier molecular flexibility index (Phi) is 5.13. The minimum atomic E-state index is 0.497. The summed E-state index contributed by atoms with van der Waals surface area (Å²) in [7, 11) is 0. The quantitative estimate of drug-likeness (QED) is 0.828. The van der Waals surface area contributed by atoms with Crippen molar-refractivity contribution in [1.29, 1.82) is 0 Å². The number of rotatable bonds is 6. The number of ether oxygens (including phenoxy) is 1. The van der Waals surface area contributed by atoms with Crippen LogP contribution in [0.2, 0.25) is 0 Å². The Morgan fingerprint density at radius 2 is 2.50 bits per heavy atom. The Bertz CT molecular complexity index is 347. The third kappa shape index (κ3) is 3.78. The second kappa shape index (κ2) is 6.85. The smallest absolute Gasteiger partial charge is 0.138 e. The molecule has 0 aromatic carbocycles. The fourth-order valence-electron chi connectivity index (χ4n) is 2.50. The van der Waals surface area contributed by atoms with Gasteiger partial charge in [-0.05, 0) is 18.8 Å². The van der Waals surface area contributed by atoms with Gasteiger partial charge in [-0.3, -0.25) is 4.68 Å². The van der Waals surface area contributed by atoms with E-state index in [1.807, 2.05) is 4.68 Å². The van der Waals surface area contributed by atoms with Crippen LogP contribution >= 0.6 is 0 Å². The molecule has 2 unspecified atom stereocenters. The number of nitrogens with zero attached hydrogens (tertiary/aromatic N) is 3. The maximum atomic E-state index is 5.48. The monoisotopic (exact) mass is 252 g/mol. The highest BCUT2D eigenvalue weighted by molar-refractivity contribution is 4.88. The van der Waals surface area contributed by atoms with Crippen LogP contribution in [0.25, 0.3) is 0 Å². The first-order chi connectivity index (χ1) is 8.79. The zero-order chi connectivity index (χ0) is 12.8. The van der Waals surface area contributed by atoms with Crippen LogP contribution in [-0.4, -0.2) is 40.6 Å². The number of morpholine rings is 1. The van der Waals surface area contributed by atoms with Gasteiger partial charge in [-0.25, -0.2) is 4.98 Å². The Balaban J connectivity index is 1.82. The molecular weight excluding hydrogens is 228 g/mol. The van der Waals surface area contributed by atoms with Gasteiger partial charge in [0.05, 0.1) is 13.2 Å². The van der Waals surface area contributed by atoms with Gasteiger partial charge in [0.1, 0.15) is 12.2 Å². The molecule has 5 heteroatoms. The second-order valence-corrected chi connectivity index (χ2v) is 5.17. The normalized spacial score (nSPS) is 22.0. The van der Waals surface area contributed by atoms with Gasteiger partial charge in [-0.15, -0.1) is 0 Å². The Morgan fingerprint density at radius 1 is 1.61 bits per heavy atom. The van der Waals surface area contributed by atoms with Crippen LogP contribution < -0.4 is 5.32 Å². The van der Waals surface area contributed by atoms with Crippen LogP contribution in [0.3, 0.4) is 0 Å². The lowest BCUT2D eigenvalue weighted by Crippen LogP contribution is -2.42. The van der Waals surface area contributed by atoms with Crippen LogP contribution in [0.5, 0.6) is 0 Å². The molecule has 1 N–H and O–H groups in total. The molecule has 1 aliphatic heterocycles. The highest BCUT2D eigenvalue weighted by Gasteiger charge is 2.18. The molecule has 1 fully saturated rings. The molecule has 2 heterocycles. The first-order valence-electron chi connectivity index (χ1n) is 6.97. The summed E-state index contributed by atoms with van der Waals surface area (Å²) >= 11 is 0. The van der Waals surface area contributed by atoms with Crippen molar-refractivity contribution in [2.45, 2.75) is 45.7 Å². The van der Waals surface area contributed by atoms with Gasteiger partial charge < -0.3 is 10.1 Å². The topological polar surface area (TPSA) is 52.0 Å². The van der Waals surface area contributed by atoms with Crippen LogP contribution in [-0.2, 0) is 17.7 Å². The summed E-state index contributed by atoms with van der Waals surface area (Å²) in [5.74, 6) is 1.71. The van der Waals surface area contributed by atoms with Crippen molar-refractivity contribution in [1.82, 2.24) is 20.1 Å². The number of nitrogens with one attached hydrogen (secondary N) is 1.